The van der Waals surface area contributed by atoms with E-state index in [1.165, 1.54) is 0 Å². The number of hydrogen-bond acceptors (Lipinski definition) is 5. The first-order chi connectivity index (χ1) is 10.7. The molecule has 3 aromatic rings. The summed E-state index contributed by atoms with van der Waals surface area (Å²) in [5.41, 5.74) is 3.07. The molecule has 2 heterocycles. The SMILES string of the molecule is Cc1ncc(-c2nn(-c3ccccc3)c(N=C=O)c2C)cn1. The summed E-state index contributed by atoms with van der Waals surface area (Å²) in [6.45, 7) is 3.68. The Morgan fingerprint density at radius 3 is 2.41 bits per heavy atom. The van der Waals surface area contributed by atoms with Gasteiger partial charge in [-0.15, -0.1) is 4.99 Å². The first kappa shape index (κ1) is 13.9. The highest BCUT2D eigenvalue weighted by atomic mass is 16.1. The van der Waals surface area contributed by atoms with Crippen LogP contribution in [0.3, 0.4) is 0 Å². The third-order valence-corrected chi connectivity index (χ3v) is 3.30. The highest BCUT2D eigenvalue weighted by Gasteiger charge is 2.17. The second-order valence-corrected chi connectivity index (χ2v) is 4.77. The van der Waals surface area contributed by atoms with E-state index in [0.29, 0.717) is 17.3 Å². The molecule has 0 saturated carbocycles. The van der Waals surface area contributed by atoms with Crippen LogP contribution >= 0.6 is 0 Å². The zero-order valence-electron chi connectivity index (χ0n) is 12.2. The minimum atomic E-state index is 0.455. The largest absolute Gasteiger partial charge is 0.242 e. The van der Waals surface area contributed by atoms with Crippen molar-refractivity contribution in [1.82, 2.24) is 19.7 Å². The maximum absolute atomic E-state index is 10.7. The summed E-state index contributed by atoms with van der Waals surface area (Å²) in [6.07, 6.45) is 5.01. The molecule has 2 aromatic heterocycles. The number of rotatable bonds is 3. The third kappa shape index (κ3) is 2.43. The van der Waals surface area contributed by atoms with Crippen LogP contribution in [-0.2, 0) is 4.79 Å². The number of hydrogen-bond donors (Lipinski definition) is 0. The Hall–Kier alpha value is -3.11. The number of carbonyl (C=O) groups excluding carboxylic acids is 1. The number of isocyanates is 1. The molecule has 22 heavy (non-hydrogen) atoms. The lowest BCUT2D eigenvalue weighted by atomic mass is 10.1. The smallest absolute Gasteiger partial charge is 0.241 e. The van der Waals surface area contributed by atoms with E-state index in [1.54, 1.807) is 23.2 Å². The third-order valence-electron chi connectivity index (χ3n) is 3.30. The average Bonchev–Trinajstić information content (AvgIpc) is 2.87. The zero-order valence-corrected chi connectivity index (χ0v) is 12.2. The van der Waals surface area contributed by atoms with Gasteiger partial charge in [0.2, 0.25) is 6.08 Å². The Morgan fingerprint density at radius 1 is 1.09 bits per heavy atom. The summed E-state index contributed by atoms with van der Waals surface area (Å²) in [4.78, 5) is 22.9. The van der Waals surface area contributed by atoms with Crippen molar-refractivity contribution < 1.29 is 4.79 Å². The quantitative estimate of drug-likeness (QED) is 0.549. The van der Waals surface area contributed by atoms with Gasteiger partial charge in [-0.1, -0.05) is 18.2 Å². The van der Waals surface area contributed by atoms with E-state index < -0.39 is 0 Å². The molecule has 0 bridgehead atoms. The van der Waals surface area contributed by atoms with Gasteiger partial charge in [-0.05, 0) is 26.0 Å². The van der Waals surface area contributed by atoms with Gasteiger partial charge >= 0.3 is 0 Å². The van der Waals surface area contributed by atoms with Crippen molar-refractivity contribution in [2.75, 3.05) is 0 Å². The van der Waals surface area contributed by atoms with Crippen LogP contribution in [0, 0.1) is 13.8 Å². The van der Waals surface area contributed by atoms with E-state index in [1.807, 2.05) is 44.2 Å². The number of aliphatic imine (C=N–C) groups is 1. The zero-order chi connectivity index (χ0) is 15.5. The van der Waals surface area contributed by atoms with Crippen LogP contribution in [-0.4, -0.2) is 25.8 Å². The van der Waals surface area contributed by atoms with Crippen LogP contribution in [0.5, 0.6) is 0 Å². The predicted octanol–water partition coefficient (Wildman–Crippen LogP) is 2.91. The molecule has 0 fully saturated rings. The van der Waals surface area contributed by atoms with E-state index in [-0.39, 0.29) is 0 Å². The number of nitrogens with zero attached hydrogens (tertiary/aromatic N) is 5. The van der Waals surface area contributed by atoms with E-state index in [4.69, 9.17) is 0 Å². The van der Waals surface area contributed by atoms with Gasteiger partial charge in [-0.25, -0.2) is 19.4 Å². The topological polar surface area (TPSA) is 73.0 Å². The molecule has 0 spiro atoms. The van der Waals surface area contributed by atoms with Crippen LogP contribution in [0.4, 0.5) is 5.82 Å². The highest BCUT2D eigenvalue weighted by Crippen LogP contribution is 2.31. The minimum absolute atomic E-state index is 0.455. The fourth-order valence-corrected chi connectivity index (χ4v) is 2.20. The van der Waals surface area contributed by atoms with Crippen molar-refractivity contribution in [2.45, 2.75) is 13.8 Å². The molecular formula is C16H13N5O. The van der Waals surface area contributed by atoms with Gasteiger partial charge < -0.3 is 0 Å². The Morgan fingerprint density at radius 2 is 1.77 bits per heavy atom. The molecule has 0 radical (unpaired) electrons. The van der Waals surface area contributed by atoms with Gasteiger partial charge in [-0.2, -0.15) is 5.10 Å². The van der Waals surface area contributed by atoms with Crippen LogP contribution < -0.4 is 0 Å². The van der Waals surface area contributed by atoms with Crippen LogP contribution in [0.2, 0.25) is 0 Å². The molecule has 3 rings (SSSR count). The summed E-state index contributed by atoms with van der Waals surface area (Å²) >= 11 is 0. The van der Waals surface area contributed by atoms with Crippen molar-refractivity contribution in [1.29, 1.82) is 0 Å². The summed E-state index contributed by atoms with van der Waals surface area (Å²) in [6, 6.07) is 9.50. The predicted molar refractivity (Wildman–Crippen MR) is 81.8 cm³/mol. The van der Waals surface area contributed by atoms with Gasteiger partial charge in [0.1, 0.15) is 11.5 Å². The molecule has 0 N–H and O–H groups in total. The summed E-state index contributed by atoms with van der Waals surface area (Å²) < 4.78 is 1.62. The van der Waals surface area contributed by atoms with Gasteiger partial charge in [0.05, 0.1) is 5.69 Å². The standard InChI is InChI=1S/C16H13N5O/c1-11-15(13-8-17-12(2)18-9-13)20-21(16(11)19-10-22)14-6-4-3-5-7-14/h3-9H,1-2H3. The summed E-state index contributed by atoms with van der Waals surface area (Å²) in [7, 11) is 0. The fourth-order valence-electron chi connectivity index (χ4n) is 2.20. The molecule has 6 heteroatoms. The number of aromatic nitrogens is 4. The van der Waals surface area contributed by atoms with Crippen molar-refractivity contribution in [3.63, 3.8) is 0 Å². The van der Waals surface area contributed by atoms with Crippen LogP contribution in [0.25, 0.3) is 16.9 Å². The Balaban J connectivity index is 2.21. The molecule has 0 aliphatic heterocycles. The molecular weight excluding hydrogens is 278 g/mol. The molecule has 0 unspecified atom stereocenters. The lowest BCUT2D eigenvalue weighted by molar-refractivity contribution is 0.565. The minimum Gasteiger partial charge on any atom is -0.241 e. The second kappa shape index (κ2) is 5.71. The number of aryl methyl sites for hydroxylation is 1. The summed E-state index contributed by atoms with van der Waals surface area (Å²) in [5.74, 6) is 1.15. The summed E-state index contributed by atoms with van der Waals surface area (Å²) in [5, 5.41) is 4.56. The van der Waals surface area contributed by atoms with Crippen molar-refractivity contribution in [2.24, 2.45) is 4.99 Å². The van der Waals surface area contributed by atoms with Crippen LogP contribution in [0.1, 0.15) is 11.4 Å². The second-order valence-electron chi connectivity index (χ2n) is 4.77. The molecule has 6 nitrogen and oxygen atoms in total. The average molecular weight is 291 g/mol. The molecule has 108 valence electrons. The lowest BCUT2D eigenvalue weighted by Crippen LogP contribution is -1.96. The molecule has 0 amide bonds. The van der Waals surface area contributed by atoms with E-state index in [2.05, 4.69) is 20.1 Å². The maximum Gasteiger partial charge on any atom is 0.242 e. The Bertz CT molecular complexity index is 846. The number of benzene rings is 1. The lowest BCUT2D eigenvalue weighted by Gasteiger charge is -2.02. The van der Waals surface area contributed by atoms with E-state index >= 15 is 0 Å². The van der Waals surface area contributed by atoms with Crippen molar-refractivity contribution in [3.05, 3.63) is 54.1 Å². The normalized spacial score (nSPS) is 10.3. The molecule has 0 aliphatic rings. The Kier molecular flexibility index (Phi) is 3.60. The van der Waals surface area contributed by atoms with E-state index in [9.17, 15) is 4.79 Å². The monoisotopic (exact) mass is 291 g/mol. The van der Waals surface area contributed by atoms with Gasteiger partial charge in [0.15, 0.2) is 5.82 Å². The number of para-hydroxylation sites is 1. The molecule has 0 atom stereocenters. The van der Waals surface area contributed by atoms with Crippen LogP contribution in [0.15, 0.2) is 47.7 Å². The van der Waals surface area contributed by atoms with Gasteiger partial charge in [-0.3, -0.25) is 0 Å². The van der Waals surface area contributed by atoms with Crippen molar-refractivity contribution >= 4 is 11.9 Å². The molecule has 0 aliphatic carbocycles. The van der Waals surface area contributed by atoms with E-state index in [0.717, 1.165) is 16.8 Å². The van der Waals surface area contributed by atoms with Gasteiger partial charge in [0.25, 0.3) is 0 Å². The van der Waals surface area contributed by atoms with Crippen molar-refractivity contribution in [3.8, 4) is 16.9 Å². The maximum atomic E-state index is 10.7. The molecule has 0 saturated heterocycles. The first-order valence-electron chi connectivity index (χ1n) is 6.72. The first-order valence-corrected chi connectivity index (χ1v) is 6.72. The fraction of sp³-hybridized carbons (Fsp3) is 0.125. The highest BCUT2D eigenvalue weighted by molar-refractivity contribution is 5.69. The molecule has 1 aromatic carbocycles. The van der Waals surface area contributed by atoms with Gasteiger partial charge in [0, 0.05) is 23.5 Å². The Labute approximate surface area is 127 Å².